The highest BCUT2D eigenvalue weighted by atomic mass is 35.5. The summed E-state index contributed by atoms with van der Waals surface area (Å²) in [5.74, 6) is -2.45. The van der Waals surface area contributed by atoms with Gasteiger partial charge in [-0.25, -0.2) is 13.2 Å². The molecule has 1 aliphatic carbocycles. The second-order valence-corrected chi connectivity index (χ2v) is 4.24. The van der Waals surface area contributed by atoms with Crippen LogP contribution in [0.3, 0.4) is 0 Å². The summed E-state index contributed by atoms with van der Waals surface area (Å²) in [4.78, 5) is 1.86. The first-order valence-electron chi connectivity index (χ1n) is 4.62. The van der Waals surface area contributed by atoms with Gasteiger partial charge < -0.3 is 0 Å². The summed E-state index contributed by atoms with van der Waals surface area (Å²) in [5.41, 5.74) is 0. The lowest BCUT2D eigenvalue weighted by Gasteiger charge is -2.46. The van der Waals surface area contributed by atoms with E-state index in [4.69, 9.17) is 11.8 Å². The molecule has 0 aromatic carbocycles. The van der Waals surface area contributed by atoms with Gasteiger partial charge in [-0.15, -0.1) is 0 Å². The molecule has 0 amide bonds. The van der Waals surface area contributed by atoms with E-state index in [1.54, 1.807) is 4.42 Å². The number of alkyl halides is 2. The van der Waals surface area contributed by atoms with Crippen LogP contribution in [0.2, 0.25) is 0 Å². The molecule has 1 saturated heterocycles. The Hall–Kier alpha value is 0.0700. The minimum atomic E-state index is -2.45. The fourth-order valence-corrected chi connectivity index (χ4v) is 2.10. The zero-order valence-corrected chi connectivity index (χ0v) is 8.10. The molecule has 1 atom stereocenters. The van der Waals surface area contributed by atoms with Crippen LogP contribution >= 0.6 is 11.8 Å². The van der Waals surface area contributed by atoms with E-state index in [1.807, 2.05) is 4.90 Å². The molecule has 1 saturated carbocycles. The number of rotatable bonds is 1. The molecule has 2 aliphatic rings. The molecule has 76 valence electrons. The molecule has 0 N–H and O–H groups in total. The van der Waals surface area contributed by atoms with Crippen molar-refractivity contribution in [3.63, 3.8) is 0 Å². The summed E-state index contributed by atoms with van der Waals surface area (Å²) in [6.07, 6.45) is 0.689. The molecular formula is C8H13ClF2N2. The topological polar surface area (TPSA) is 6.48 Å². The van der Waals surface area contributed by atoms with E-state index in [2.05, 4.69) is 0 Å². The molecule has 1 unspecified atom stereocenters. The Morgan fingerprint density at radius 3 is 2.15 bits per heavy atom. The standard InChI is InChI=1S/C8H13ClF2N2/c9-13-5-3-12(4-6-13)7-1-2-8(7,10)11/h7H,1-6H2. The lowest BCUT2D eigenvalue weighted by Crippen LogP contribution is -2.59. The van der Waals surface area contributed by atoms with Gasteiger partial charge in [-0.2, -0.15) is 0 Å². The number of piperazine rings is 1. The number of hydrogen-bond acceptors (Lipinski definition) is 2. The van der Waals surface area contributed by atoms with Crippen molar-refractivity contribution >= 4 is 11.8 Å². The first kappa shape index (κ1) is 9.62. The Bertz CT molecular complexity index is 193. The van der Waals surface area contributed by atoms with Gasteiger partial charge in [0, 0.05) is 32.6 Å². The van der Waals surface area contributed by atoms with Crippen molar-refractivity contribution in [3.8, 4) is 0 Å². The van der Waals surface area contributed by atoms with Crippen LogP contribution in [0.5, 0.6) is 0 Å². The molecule has 1 heterocycles. The largest absolute Gasteiger partial charge is 0.292 e. The fraction of sp³-hybridized carbons (Fsp3) is 1.00. The molecule has 1 aliphatic heterocycles. The van der Waals surface area contributed by atoms with Crippen molar-refractivity contribution < 1.29 is 8.78 Å². The highest BCUT2D eigenvalue weighted by Gasteiger charge is 2.51. The van der Waals surface area contributed by atoms with Crippen molar-refractivity contribution in [3.05, 3.63) is 0 Å². The minimum absolute atomic E-state index is 0.0543. The summed E-state index contributed by atoms with van der Waals surface area (Å²) >= 11 is 5.74. The van der Waals surface area contributed by atoms with Crippen molar-refractivity contribution in [1.82, 2.24) is 9.32 Å². The highest BCUT2D eigenvalue weighted by Crippen LogP contribution is 2.41. The number of hydrogen-bond donors (Lipinski definition) is 0. The SMILES string of the molecule is FC1(F)CCC1N1CCN(Cl)CC1. The molecule has 13 heavy (non-hydrogen) atoms. The molecule has 5 heteroatoms. The Morgan fingerprint density at radius 1 is 1.15 bits per heavy atom. The summed E-state index contributed by atoms with van der Waals surface area (Å²) in [5, 5.41) is 0. The second-order valence-electron chi connectivity index (χ2n) is 3.76. The predicted molar refractivity (Wildman–Crippen MR) is 47.0 cm³/mol. The molecule has 0 bridgehead atoms. The average Bonchev–Trinajstić information content (AvgIpc) is 2.07. The van der Waals surface area contributed by atoms with Crippen LogP contribution in [-0.2, 0) is 0 Å². The van der Waals surface area contributed by atoms with Gasteiger partial charge in [-0.1, -0.05) is 0 Å². The third kappa shape index (κ3) is 1.80. The maximum atomic E-state index is 13.0. The molecule has 2 fully saturated rings. The molecule has 2 nitrogen and oxygen atoms in total. The third-order valence-corrected chi connectivity index (χ3v) is 3.28. The Kier molecular flexibility index (Phi) is 2.47. The maximum absolute atomic E-state index is 13.0. The van der Waals surface area contributed by atoms with Crippen LogP contribution in [-0.4, -0.2) is 47.5 Å². The first-order valence-corrected chi connectivity index (χ1v) is 4.96. The van der Waals surface area contributed by atoms with Crippen LogP contribution in [0.25, 0.3) is 0 Å². The molecule has 0 spiro atoms. The van der Waals surface area contributed by atoms with Gasteiger partial charge in [-0.05, 0) is 18.2 Å². The molecular weight excluding hydrogens is 198 g/mol. The zero-order valence-electron chi connectivity index (χ0n) is 7.35. The van der Waals surface area contributed by atoms with Crippen LogP contribution in [0.15, 0.2) is 0 Å². The van der Waals surface area contributed by atoms with E-state index in [0.29, 0.717) is 32.6 Å². The van der Waals surface area contributed by atoms with Crippen LogP contribution in [0.4, 0.5) is 8.78 Å². The Balaban J connectivity index is 1.88. The Labute approximate surface area is 81.5 Å². The van der Waals surface area contributed by atoms with Crippen molar-refractivity contribution in [2.45, 2.75) is 24.8 Å². The van der Waals surface area contributed by atoms with Gasteiger partial charge in [-0.3, -0.25) is 4.90 Å². The Morgan fingerprint density at radius 2 is 1.77 bits per heavy atom. The summed E-state index contributed by atoms with van der Waals surface area (Å²) < 4.78 is 27.7. The maximum Gasteiger partial charge on any atom is 0.263 e. The van der Waals surface area contributed by atoms with E-state index in [1.165, 1.54) is 0 Å². The number of halogens is 3. The van der Waals surface area contributed by atoms with E-state index < -0.39 is 12.0 Å². The third-order valence-electron chi connectivity index (χ3n) is 2.94. The molecule has 0 radical (unpaired) electrons. The quantitative estimate of drug-likeness (QED) is 0.606. The van der Waals surface area contributed by atoms with Gasteiger partial charge in [0.05, 0.1) is 6.04 Å². The normalized spacial score (nSPS) is 35.8. The van der Waals surface area contributed by atoms with Gasteiger partial charge in [0.1, 0.15) is 0 Å². The fourth-order valence-electron chi connectivity index (χ4n) is 1.95. The van der Waals surface area contributed by atoms with Gasteiger partial charge in [0.25, 0.3) is 5.92 Å². The predicted octanol–water partition coefficient (Wildman–Crippen LogP) is 1.56. The molecule has 0 aromatic heterocycles. The van der Waals surface area contributed by atoms with Crippen LogP contribution in [0.1, 0.15) is 12.8 Å². The van der Waals surface area contributed by atoms with E-state index >= 15 is 0 Å². The van der Waals surface area contributed by atoms with E-state index in [-0.39, 0.29) is 6.42 Å². The first-order chi connectivity index (χ1) is 6.09. The van der Waals surface area contributed by atoms with Gasteiger partial charge in [0.2, 0.25) is 0 Å². The smallest absolute Gasteiger partial charge is 0.263 e. The summed E-state index contributed by atoms with van der Waals surface area (Å²) in [6, 6.07) is -0.516. The van der Waals surface area contributed by atoms with E-state index in [0.717, 1.165) is 0 Å². The van der Waals surface area contributed by atoms with Crippen molar-refractivity contribution in [2.75, 3.05) is 26.2 Å². The second kappa shape index (κ2) is 3.33. The summed E-state index contributed by atoms with van der Waals surface area (Å²) in [7, 11) is 0. The highest BCUT2D eigenvalue weighted by molar-refractivity contribution is 6.13. The molecule has 0 aromatic rings. The summed E-state index contributed by atoms with van der Waals surface area (Å²) in [6.45, 7) is 2.72. The average molecular weight is 211 g/mol. The minimum Gasteiger partial charge on any atom is -0.292 e. The number of nitrogens with zero attached hydrogens (tertiary/aromatic N) is 2. The van der Waals surface area contributed by atoms with Crippen molar-refractivity contribution in [2.24, 2.45) is 0 Å². The van der Waals surface area contributed by atoms with Crippen LogP contribution in [0, 0.1) is 0 Å². The van der Waals surface area contributed by atoms with Crippen molar-refractivity contribution in [1.29, 1.82) is 0 Å². The van der Waals surface area contributed by atoms with E-state index in [9.17, 15) is 8.78 Å². The van der Waals surface area contributed by atoms with Crippen LogP contribution < -0.4 is 0 Å². The van der Waals surface area contributed by atoms with Gasteiger partial charge >= 0.3 is 0 Å². The zero-order chi connectivity index (χ0) is 9.47. The lowest BCUT2D eigenvalue weighted by atomic mass is 9.86. The lowest BCUT2D eigenvalue weighted by molar-refractivity contribution is -0.153. The molecule has 2 rings (SSSR count). The van der Waals surface area contributed by atoms with Gasteiger partial charge in [0.15, 0.2) is 0 Å². The monoisotopic (exact) mass is 210 g/mol.